The number of para-hydroxylation sites is 1. The Morgan fingerprint density at radius 3 is 2.44 bits per heavy atom. The lowest BCUT2D eigenvalue weighted by molar-refractivity contribution is 0.286. The first-order valence-corrected chi connectivity index (χ1v) is 6.32. The average Bonchev–Trinajstić information content (AvgIpc) is 2.37. The van der Waals surface area contributed by atoms with E-state index in [9.17, 15) is 4.57 Å². The predicted octanol–water partition coefficient (Wildman–Crippen LogP) is 2.35. The van der Waals surface area contributed by atoms with Crippen LogP contribution in [0.2, 0.25) is 0 Å². The van der Waals surface area contributed by atoms with Crippen LogP contribution in [0.15, 0.2) is 36.4 Å². The van der Waals surface area contributed by atoms with Gasteiger partial charge in [0.25, 0.3) is 0 Å². The Hall–Kier alpha value is -1.22. The quantitative estimate of drug-likeness (QED) is 0.769. The fourth-order valence-electron chi connectivity index (χ4n) is 1.47. The van der Waals surface area contributed by atoms with Gasteiger partial charge in [0.05, 0.1) is 5.52 Å². The average molecular weight is 237 g/mol. The van der Waals surface area contributed by atoms with E-state index < -0.39 is 7.60 Å². The summed E-state index contributed by atoms with van der Waals surface area (Å²) in [5, 5.41) is 0.991. The third-order valence-corrected chi connectivity index (χ3v) is 4.12. The number of pyridine rings is 1. The number of aromatic nitrogens is 1. The molecule has 0 spiro atoms. The monoisotopic (exact) mass is 237 g/mol. The molecule has 5 heteroatoms. The second-order valence-corrected chi connectivity index (χ2v) is 5.41. The first-order chi connectivity index (χ1) is 7.69. The summed E-state index contributed by atoms with van der Waals surface area (Å²) >= 11 is 0. The molecule has 0 unspecified atom stereocenters. The van der Waals surface area contributed by atoms with Gasteiger partial charge in [-0.1, -0.05) is 24.3 Å². The fourth-order valence-corrected chi connectivity index (χ4v) is 2.48. The molecule has 0 radical (unpaired) electrons. The summed E-state index contributed by atoms with van der Waals surface area (Å²) in [5.41, 5.74) is 1.10. The van der Waals surface area contributed by atoms with Gasteiger partial charge in [-0.3, -0.25) is 4.57 Å². The number of benzene rings is 1. The smallest absolute Gasteiger partial charge is 0.308 e. The van der Waals surface area contributed by atoms with Crippen LogP contribution in [0, 0.1) is 0 Å². The Labute approximate surface area is 93.8 Å². The van der Waals surface area contributed by atoms with E-state index in [1.807, 2.05) is 30.3 Å². The summed E-state index contributed by atoms with van der Waals surface area (Å²) in [6.45, 7) is 0. The molecule has 2 rings (SSSR count). The van der Waals surface area contributed by atoms with Crippen LogP contribution in [-0.4, -0.2) is 19.2 Å². The van der Waals surface area contributed by atoms with Crippen molar-refractivity contribution in [1.29, 1.82) is 0 Å². The lowest BCUT2D eigenvalue weighted by Crippen LogP contribution is -2.11. The molecular weight excluding hydrogens is 225 g/mol. The van der Waals surface area contributed by atoms with Crippen LogP contribution in [0.5, 0.6) is 0 Å². The summed E-state index contributed by atoms with van der Waals surface area (Å²) < 4.78 is 21.9. The Kier molecular flexibility index (Phi) is 3.06. The molecule has 84 valence electrons. The van der Waals surface area contributed by atoms with Crippen LogP contribution in [0.25, 0.3) is 10.9 Å². The largest absolute Gasteiger partial charge is 0.379 e. The maximum Gasteiger partial charge on any atom is 0.379 e. The zero-order chi connectivity index (χ0) is 11.6. The van der Waals surface area contributed by atoms with Gasteiger partial charge in [-0.05, 0) is 12.1 Å². The van der Waals surface area contributed by atoms with E-state index in [1.165, 1.54) is 14.2 Å². The van der Waals surface area contributed by atoms with Crippen LogP contribution in [0.3, 0.4) is 0 Å². The third kappa shape index (κ3) is 1.87. The van der Waals surface area contributed by atoms with Crippen molar-refractivity contribution in [3.8, 4) is 0 Å². The Bertz CT molecular complexity index is 548. The fraction of sp³-hybridized carbons (Fsp3) is 0.182. The SMILES string of the molecule is COP(=O)(OC)c1ccc2ccccc2n1. The van der Waals surface area contributed by atoms with Crippen LogP contribution in [0.1, 0.15) is 0 Å². The molecule has 0 atom stereocenters. The van der Waals surface area contributed by atoms with E-state index in [1.54, 1.807) is 6.07 Å². The van der Waals surface area contributed by atoms with E-state index in [-0.39, 0.29) is 0 Å². The van der Waals surface area contributed by atoms with Gasteiger partial charge in [0.1, 0.15) is 0 Å². The lowest BCUT2D eigenvalue weighted by atomic mass is 10.2. The predicted molar refractivity (Wildman–Crippen MR) is 63.0 cm³/mol. The second-order valence-electron chi connectivity index (χ2n) is 3.22. The van der Waals surface area contributed by atoms with Gasteiger partial charge in [-0.25, -0.2) is 4.98 Å². The number of hydrogen-bond acceptors (Lipinski definition) is 4. The van der Waals surface area contributed by atoms with Gasteiger partial charge >= 0.3 is 7.60 Å². The molecule has 0 fully saturated rings. The highest BCUT2D eigenvalue weighted by Gasteiger charge is 2.26. The van der Waals surface area contributed by atoms with Crippen molar-refractivity contribution in [3.63, 3.8) is 0 Å². The molecule has 4 nitrogen and oxygen atoms in total. The van der Waals surface area contributed by atoms with E-state index in [4.69, 9.17) is 9.05 Å². The molecule has 16 heavy (non-hydrogen) atoms. The first-order valence-electron chi connectivity index (χ1n) is 4.77. The molecule has 0 amide bonds. The molecule has 0 N–H and O–H groups in total. The highest BCUT2D eigenvalue weighted by Crippen LogP contribution is 2.44. The molecule has 0 saturated carbocycles. The first kappa shape index (κ1) is 11.3. The summed E-state index contributed by atoms with van der Waals surface area (Å²) in [6.07, 6.45) is 0. The van der Waals surface area contributed by atoms with Crippen molar-refractivity contribution >= 4 is 23.9 Å². The van der Waals surface area contributed by atoms with Crippen LogP contribution < -0.4 is 5.44 Å². The number of hydrogen-bond donors (Lipinski definition) is 0. The molecule has 0 bridgehead atoms. The van der Waals surface area contributed by atoms with Crippen molar-refractivity contribution in [2.24, 2.45) is 0 Å². The van der Waals surface area contributed by atoms with E-state index in [2.05, 4.69) is 4.98 Å². The number of rotatable bonds is 3. The zero-order valence-electron chi connectivity index (χ0n) is 9.08. The molecule has 1 aromatic heterocycles. The summed E-state index contributed by atoms with van der Waals surface area (Å²) in [5.74, 6) is 0. The number of fused-ring (bicyclic) bond motifs is 1. The highest BCUT2D eigenvalue weighted by atomic mass is 31.2. The van der Waals surface area contributed by atoms with Crippen molar-refractivity contribution in [1.82, 2.24) is 4.98 Å². The minimum absolute atomic E-state index is 0.330. The van der Waals surface area contributed by atoms with Gasteiger partial charge in [0.2, 0.25) is 0 Å². The Morgan fingerprint density at radius 1 is 1.06 bits per heavy atom. The van der Waals surface area contributed by atoms with Gasteiger partial charge in [0, 0.05) is 19.6 Å². The Balaban J connectivity index is 2.59. The Morgan fingerprint density at radius 2 is 1.75 bits per heavy atom. The highest BCUT2D eigenvalue weighted by molar-refractivity contribution is 7.61. The topological polar surface area (TPSA) is 48.4 Å². The minimum atomic E-state index is -3.25. The minimum Gasteiger partial charge on any atom is -0.308 e. The van der Waals surface area contributed by atoms with E-state index in [0.717, 1.165) is 10.9 Å². The van der Waals surface area contributed by atoms with Crippen molar-refractivity contribution < 1.29 is 13.6 Å². The second kappa shape index (κ2) is 4.34. The van der Waals surface area contributed by atoms with Crippen LogP contribution in [-0.2, 0) is 13.6 Å². The number of nitrogens with zero attached hydrogens (tertiary/aromatic N) is 1. The summed E-state index contributed by atoms with van der Waals surface area (Å²) in [4.78, 5) is 4.28. The molecular formula is C11H12NO3P. The maximum absolute atomic E-state index is 12.1. The molecule has 2 aromatic rings. The van der Waals surface area contributed by atoms with Gasteiger partial charge in [-0.15, -0.1) is 0 Å². The van der Waals surface area contributed by atoms with Crippen molar-refractivity contribution in [3.05, 3.63) is 36.4 Å². The van der Waals surface area contributed by atoms with Gasteiger partial charge < -0.3 is 9.05 Å². The third-order valence-electron chi connectivity index (χ3n) is 2.35. The lowest BCUT2D eigenvalue weighted by Gasteiger charge is -2.12. The normalized spacial score (nSPS) is 11.9. The molecule has 0 aliphatic heterocycles. The van der Waals surface area contributed by atoms with Gasteiger partial charge in [-0.2, -0.15) is 0 Å². The van der Waals surface area contributed by atoms with E-state index >= 15 is 0 Å². The van der Waals surface area contributed by atoms with Crippen molar-refractivity contribution in [2.45, 2.75) is 0 Å². The van der Waals surface area contributed by atoms with Crippen LogP contribution in [0.4, 0.5) is 0 Å². The molecule has 0 aliphatic carbocycles. The molecule has 0 saturated heterocycles. The van der Waals surface area contributed by atoms with Crippen molar-refractivity contribution in [2.75, 3.05) is 14.2 Å². The van der Waals surface area contributed by atoms with Gasteiger partial charge in [0.15, 0.2) is 5.44 Å². The summed E-state index contributed by atoms with van der Waals surface area (Å²) in [6, 6.07) is 11.1. The molecule has 0 aliphatic rings. The van der Waals surface area contributed by atoms with E-state index in [0.29, 0.717) is 5.44 Å². The molecule has 1 aromatic carbocycles. The maximum atomic E-state index is 12.1. The van der Waals surface area contributed by atoms with Crippen LogP contribution >= 0.6 is 7.60 Å². The molecule has 1 heterocycles. The standard InChI is InChI=1S/C11H12NO3P/c1-14-16(13,15-2)11-8-7-9-5-3-4-6-10(9)12-11/h3-8H,1-2H3. The summed E-state index contributed by atoms with van der Waals surface area (Å²) in [7, 11) is -0.552. The zero-order valence-corrected chi connectivity index (χ0v) is 9.98.